The molecule has 0 aromatic heterocycles. The van der Waals surface area contributed by atoms with Gasteiger partial charge in [-0.1, -0.05) is 195 Å². The lowest BCUT2D eigenvalue weighted by Gasteiger charge is -2.40. The number of carboxylic acids is 1. The number of unbranched alkanes of at least 4 members (excludes halogenated alkanes) is 16. The zero-order valence-electron chi connectivity index (χ0n) is 45.3. The monoisotopic (exact) mass is 1020 g/mol. The van der Waals surface area contributed by atoms with Gasteiger partial charge in [-0.05, 0) is 96.3 Å². The van der Waals surface area contributed by atoms with Crippen LogP contribution in [0.2, 0.25) is 0 Å². The molecule has 0 aromatic rings. The van der Waals surface area contributed by atoms with Crippen molar-refractivity contribution in [3.63, 3.8) is 0 Å². The first-order chi connectivity index (χ1) is 35.6. The number of hydrogen-bond donors (Lipinski definition) is 3. The summed E-state index contributed by atoms with van der Waals surface area (Å²) in [7, 11) is 0. The lowest BCUT2D eigenvalue weighted by atomic mass is 9.98. The molecule has 1 fully saturated rings. The fraction of sp³-hybridized carbons (Fsp3) is 0.672. The number of aliphatic hydroxyl groups excluding tert-OH is 2. The van der Waals surface area contributed by atoms with Gasteiger partial charge in [0.1, 0.15) is 18.8 Å². The molecule has 1 aliphatic rings. The zero-order chi connectivity index (χ0) is 53.3. The Morgan fingerprint density at radius 1 is 0.466 bits per heavy atom. The first-order valence-corrected chi connectivity index (χ1v) is 28.2. The summed E-state index contributed by atoms with van der Waals surface area (Å²) in [6.07, 6.45) is 51.1. The summed E-state index contributed by atoms with van der Waals surface area (Å²) in [6.45, 7) is 5.67. The molecule has 0 radical (unpaired) electrons. The van der Waals surface area contributed by atoms with Gasteiger partial charge in [0.25, 0.3) is 0 Å². The van der Waals surface area contributed by atoms with Crippen molar-refractivity contribution in [1.29, 1.82) is 0 Å². The number of carbonyl (C=O) groups is 4. The quantitative estimate of drug-likeness (QED) is 0.0228. The highest BCUT2D eigenvalue weighted by molar-refractivity contribution is 5.74. The first kappa shape index (κ1) is 66.7. The van der Waals surface area contributed by atoms with Crippen LogP contribution in [0.1, 0.15) is 213 Å². The Morgan fingerprint density at radius 2 is 0.863 bits per heavy atom. The topological polar surface area (TPSA) is 175 Å². The fourth-order valence-electron chi connectivity index (χ4n) is 7.88. The number of allylic oxidation sites excluding steroid dienone is 16. The molecule has 73 heavy (non-hydrogen) atoms. The molecule has 414 valence electrons. The Bertz CT molecular complexity index is 1640. The van der Waals surface area contributed by atoms with E-state index < -0.39 is 67.3 Å². The molecule has 0 bridgehead atoms. The average Bonchev–Trinajstić information content (AvgIpc) is 3.37. The van der Waals surface area contributed by atoms with Crippen LogP contribution in [0.25, 0.3) is 0 Å². The second-order valence-electron chi connectivity index (χ2n) is 18.8. The van der Waals surface area contributed by atoms with Crippen molar-refractivity contribution in [1.82, 2.24) is 0 Å². The molecular formula is C61H98O12. The molecule has 6 unspecified atom stereocenters. The zero-order valence-corrected chi connectivity index (χ0v) is 45.3. The number of carbonyl (C=O) groups excluding carboxylic acids is 3. The van der Waals surface area contributed by atoms with Crippen molar-refractivity contribution >= 4 is 23.9 Å². The van der Waals surface area contributed by atoms with E-state index in [0.717, 1.165) is 128 Å². The Labute approximate surface area is 441 Å². The minimum atomic E-state index is -1.91. The standard InChI is InChI=1S/C61H98O12/c1-4-7-10-13-16-19-21-23-25-26-27-28-30-31-33-36-38-41-44-47-53(62)69-50-52(71-54(63)48-45-42-40-37-34-32-29-24-22-20-17-14-11-8-5-2)51-70-61-59(57(66)56(65)58(73-61)60(67)68)72-55(64)49-46-43-39-35-18-15-12-9-6-3/h7-8,10-11,16-17,19-20,23-25,27-29,31,33,52,56-59,61,65-66H,4-6,9,12-15,18,21-22,26,30,32,34-51H2,1-3H3,(H,67,68)/b10-7-,11-8-,19-16-,20-17-,25-23-,28-27-,29-24-,33-31-. The minimum Gasteiger partial charge on any atom is -0.479 e. The van der Waals surface area contributed by atoms with Crippen LogP contribution in [-0.4, -0.2) is 89.2 Å². The number of aliphatic hydroxyl groups is 2. The van der Waals surface area contributed by atoms with Crippen LogP contribution in [-0.2, 0) is 42.9 Å². The van der Waals surface area contributed by atoms with Gasteiger partial charge in [-0.2, -0.15) is 0 Å². The van der Waals surface area contributed by atoms with Crippen LogP contribution >= 0.6 is 0 Å². The van der Waals surface area contributed by atoms with Gasteiger partial charge in [0.2, 0.25) is 0 Å². The van der Waals surface area contributed by atoms with Crippen molar-refractivity contribution in [3.05, 3.63) is 97.2 Å². The third-order valence-electron chi connectivity index (χ3n) is 12.2. The summed E-state index contributed by atoms with van der Waals surface area (Å²) < 4.78 is 28.3. The van der Waals surface area contributed by atoms with Crippen molar-refractivity contribution < 1.29 is 58.2 Å². The van der Waals surface area contributed by atoms with Crippen molar-refractivity contribution in [2.75, 3.05) is 13.2 Å². The molecule has 1 heterocycles. The highest BCUT2D eigenvalue weighted by Crippen LogP contribution is 2.26. The number of esters is 3. The largest absolute Gasteiger partial charge is 0.479 e. The van der Waals surface area contributed by atoms with E-state index >= 15 is 0 Å². The normalized spacial score (nSPS) is 19.1. The molecule has 3 N–H and O–H groups in total. The second-order valence-corrected chi connectivity index (χ2v) is 18.8. The fourth-order valence-corrected chi connectivity index (χ4v) is 7.88. The van der Waals surface area contributed by atoms with Crippen molar-refractivity contribution in [2.24, 2.45) is 0 Å². The summed E-state index contributed by atoms with van der Waals surface area (Å²) in [6, 6.07) is 0. The van der Waals surface area contributed by atoms with Crippen LogP contribution < -0.4 is 0 Å². The minimum absolute atomic E-state index is 0.0519. The Balaban J connectivity index is 2.72. The maximum atomic E-state index is 13.1. The predicted molar refractivity (Wildman–Crippen MR) is 294 cm³/mol. The molecule has 0 amide bonds. The van der Waals surface area contributed by atoms with Gasteiger partial charge in [-0.3, -0.25) is 14.4 Å². The number of hydrogen-bond acceptors (Lipinski definition) is 11. The highest BCUT2D eigenvalue weighted by atomic mass is 16.7. The van der Waals surface area contributed by atoms with E-state index in [9.17, 15) is 34.5 Å². The molecular weight excluding hydrogens is 925 g/mol. The van der Waals surface area contributed by atoms with Crippen LogP contribution in [0.3, 0.4) is 0 Å². The van der Waals surface area contributed by atoms with E-state index in [1.54, 1.807) is 0 Å². The number of ether oxygens (including phenoxy) is 5. The van der Waals surface area contributed by atoms with Gasteiger partial charge in [-0.25, -0.2) is 4.79 Å². The molecule has 0 spiro atoms. The Hall–Kier alpha value is -4.36. The number of aliphatic carboxylic acids is 1. The van der Waals surface area contributed by atoms with Crippen molar-refractivity contribution in [3.8, 4) is 0 Å². The molecule has 1 rings (SSSR count). The summed E-state index contributed by atoms with van der Waals surface area (Å²) in [5.41, 5.74) is 0. The molecule has 6 atom stereocenters. The molecule has 0 aliphatic carbocycles. The highest BCUT2D eigenvalue weighted by Gasteiger charge is 2.50. The lowest BCUT2D eigenvalue weighted by molar-refractivity contribution is -0.301. The molecule has 0 saturated carbocycles. The smallest absolute Gasteiger partial charge is 0.335 e. The summed E-state index contributed by atoms with van der Waals surface area (Å²) in [5.74, 6) is -3.20. The molecule has 1 aliphatic heterocycles. The third-order valence-corrected chi connectivity index (χ3v) is 12.2. The molecule has 12 nitrogen and oxygen atoms in total. The lowest BCUT2D eigenvalue weighted by Crippen LogP contribution is -2.61. The first-order valence-electron chi connectivity index (χ1n) is 28.2. The van der Waals surface area contributed by atoms with Gasteiger partial charge in [-0.15, -0.1) is 0 Å². The van der Waals surface area contributed by atoms with Gasteiger partial charge in [0.15, 0.2) is 24.6 Å². The Morgan fingerprint density at radius 3 is 1.33 bits per heavy atom. The van der Waals surface area contributed by atoms with Gasteiger partial charge >= 0.3 is 23.9 Å². The van der Waals surface area contributed by atoms with Crippen LogP contribution in [0.5, 0.6) is 0 Å². The van der Waals surface area contributed by atoms with E-state index in [1.807, 2.05) is 0 Å². The van der Waals surface area contributed by atoms with Gasteiger partial charge in [0.05, 0.1) is 6.61 Å². The third kappa shape index (κ3) is 38.8. The molecule has 0 aromatic carbocycles. The summed E-state index contributed by atoms with van der Waals surface area (Å²) >= 11 is 0. The van der Waals surface area contributed by atoms with E-state index in [0.29, 0.717) is 19.3 Å². The number of rotatable bonds is 46. The van der Waals surface area contributed by atoms with Crippen LogP contribution in [0.15, 0.2) is 97.2 Å². The predicted octanol–water partition coefficient (Wildman–Crippen LogP) is 14.1. The van der Waals surface area contributed by atoms with Crippen molar-refractivity contribution in [2.45, 2.75) is 250 Å². The maximum absolute atomic E-state index is 13.1. The molecule has 12 heteroatoms. The van der Waals surface area contributed by atoms with E-state index in [4.69, 9.17) is 23.7 Å². The van der Waals surface area contributed by atoms with Gasteiger partial charge in [0, 0.05) is 19.3 Å². The second kappa shape index (κ2) is 48.6. The van der Waals surface area contributed by atoms with E-state index in [-0.39, 0.29) is 25.9 Å². The van der Waals surface area contributed by atoms with E-state index in [1.165, 1.54) is 25.7 Å². The SMILES string of the molecule is CC/C=C\C/C=C\C/C=C\C/C=C\C/C=C\CCCCCC(=O)OCC(COC1OC(C(=O)O)C(O)C(O)C1OC(=O)CCCCCCCCCCC)OC(=O)CCCCCCC/C=C\C/C=C\C/C=C\CC. The number of carboxylic acid groups (broad SMARTS) is 1. The average molecular weight is 1020 g/mol. The van der Waals surface area contributed by atoms with Crippen LogP contribution in [0.4, 0.5) is 0 Å². The van der Waals surface area contributed by atoms with E-state index in [2.05, 4.69) is 118 Å². The van der Waals surface area contributed by atoms with Crippen LogP contribution in [0, 0.1) is 0 Å². The summed E-state index contributed by atoms with van der Waals surface area (Å²) in [4.78, 5) is 50.9. The maximum Gasteiger partial charge on any atom is 0.335 e. The Kier molecular flexibility index (Phi) is 44.4. The molecule has 1 saturated heterocycles. The summed E-state index contributed by atoms with van der Waals surface area (Å²) in [5, 5.41) is 31.3. The van der Waals surface area contributed by atoms with Gasteiger partial charge < -0.3 is 39.0 Å².